The standard InChI is InChI=1S/C11H13FN4/c1-16-11(7-13)14-10(15-16)6-8-2-4-9(12)5-3-8/h2-5H,6-7,13H2,1H3. The molecule has 16 heavy (non-hydrogen) atoms. The van der Waals surface area contributed by atoms with E-state index in [1.807, 2.05) is 7.05 Å². The lowest BCUT2D eigenvalue weighted by molar-refractivity contribution is 0.627. The molecule has 2 rings (SSSR count). The van der Waals surface area contributed by atoms with Gasteiger partial charge in [0.05, 0.1) is 6.54 Å². The van der Waals surface area contributed by atoms with E-state index >= 15 is 0 Å². The molecule has 0 atom stereocenters. The molecule has 1 heterocycles. The van der Waals surface area contributed by atoms with E-state index in [2.05, 4.69) is 10.1 Å². The summed E-state index contributed by atoms with van der Waals surface area (Å²) in [4.78, 5) is 4.28. The van der Waals surface area contributed by atoms with Gasteiger partial charge in [-0.1, -0.05) is 12.1 Å². The van der Waals surface area contributed by atoms with Crippen LogP contribution in [0.15, 0.2) is 24.3 Å². The second-order valence-electron chi connectivity index (χ2n) is 3.58. The second kappa shape index (κ2) is 4.40. The van der Waals surface area contributed by atoms with Crippen molar-refractivity contribution in [2.45, 2.75) is 13.0 Å². The Morgan fingerprint density at radius 1 is 1.31 bits per heavy atom. The van der Waals surface area contributed by atoms with E-state index in [9.17, 15) is 4.39 Å². The third-order valence-corrected chi connectivity index (χ3v) is 2.36. The Bertz CT molecular complexity index is 475. The van der Waals surface area contributed by atoms with Crippen molar-refractivity contribution < 1.29 is 4.39 Å². The minimum Gasteiger partial charge on any atom is -0.324 e. The number of rotatable bonds is 3. The molecule has 84 valence electrons. The maximum atomic E-state index is 12.7. The zero-order chi connectivity index (χ0) is 11.5. The summed E-state index contributed by atoms with van der Waals surface area (Å²) >= 11 is 0. The maximum Gasteiger partial charge on any atom is 0.155 e. The highest BCUT2D eigenvalue weighted by molar-refractivity contribution is 5.19. The molecule has 4 nitrogen and oxygen atoms in total. The van der Waals surface area contributed by atoms with Crippen molar-refractivity contribution in [1.29, 1.82) is 0 Å². The summed E-state index contributed by atoms with van der Waals surface area (Å²) in [6.45, 7) is 0.368. The molecule has 2 aromatic rings. The summed E-state index contributed by atoms with van der Waals surface area (Å²) in [7, 11) is 1.81. The van der Waals surface area contributed by atoms with Gasteiger partial charge in [-0.2, -0.15) is 5.10 Å². The molecule has 1 aromatic carbocycles. The van der Waals surface area contributed by atoms with Crippen LogP contribution in [-0.4, -0.2) is 14.8 Å². The number of aryl methyl sites for hydroxylation is 1. The van der Waals surface area contributed by atoms with E-state index in [0.717, 1.165) is 11.4 Å². The fourth-order valence-electron chi connectivity index (χ4n) is 1.51. The molecule has 5 heteroatoms. The molecule has 0 spiro atoms. The van der Waals surface area contributed by atoms with Crippen LogP contribution in [0.1, 0.15) is 17.2 Å². The van der Waals surface area contributed by atoms with Gasteiger partial charge in [0.15, 0.2) is 5.82 Å². The van der Waals surface area contributed by atoms with Gasteiger partial charge in [0, 0.05) is 13.5 Å². The summed E-state index contributed by atoms with van der Waals surface area (Å²) < 4.78 is 14.4. The number of hydrogen-bond donors (Lipinski definition) is 1. The predicted molar refractivity (Wildman–Crippen MR) is 58.1 cm³/mol. The van der Waals surface area contributed by atoms with Gasteiger partial charge in [0.2, 0.25) is 0 Å². The average molecular weight is 220 g/mol. The summed E-state index contributed by atoms with van der Waals surface area (Å²) in [5, 5.41) is 4.23. The van der Waals surface area contributed by atoms with Crippen molar-refractivity contribution >= 4 is 0 Å². The molecule has 0 fully saturated rings. The van der Waals surface area contributed by atoms with E-state index in [1.165, 1.54) is 12.1 Å². The molecular weight excluding hydrogens is 207 g/mol. The van der Waals surface area contributed by atoms with Crippen molar-refractivity contribution in [3.05, 3.63) is 47.3 Å². The van der Waals surface area contributed by atoms with Gasteiger partial charge in [-0.05, 0) is 17.7 Å². The molecule has 0 aliphatic rings. The monoisotopic (exact) mass is 220 g/mol. The molecule has 0 unspecified atom stereocenters. The van der Waals surface area contributed by atoms with Crippen molar-refractivity contribution in [2.24, 2.45) is 12.8 Å². The van der Waals surface area contributed by atoms with Gasteiger partial charge >= 0.3 is 0 Å². The summed E-state index contributed by atoms with van der Waals surface area (Å²) in [6.07, 6.45) is 0.591. The van der Waals surface area contributed by atoms with Crippen molar-refractivity contribution in [2.75, 3.05) is 0 Å². The Balaban J connectivity index is 2.17. The molecule has 0 saturated carbocycles. The Kier molecular flexibility index (Phi) is 2.96. The lowest BCUT2D eigenvalue weighted by atomic mass is 10.1. The second-order valence-corrected chi connectivity index (χ2v) is 3.58. The summed E-state index contributed by atoms with van der Waals surface area (Å²) in [5.41, 5.74) is 6.49. The van der Waals surface area contributed by atoms with Crippen LogP contribution in [0.5, 0.6) is 0 Å². The zero-order valence-electron chi connectivity index (χ0n) is 9.02. The highest BCUT2D eigenvalue weighted by Crippen LogP contribution is 2.07. The van der Waals surface area contributed by atoms with Crippen LogP contribution in [0.2, 0.25) is 0 Å². The highest BCUT2D eigenvalue weighted by atomic mass is 19.1. The first kappa shape index (κ1) is 10.8. The average Bonchev–Trinajstić information content (AvgIpc) is 2.62. The van der Waals surface area contributed by atoms with Gasteiger partial charge in [-0.3, -0.25) is 4.68 Å². The number of nitrogens with zero attached hydrogens (tertiary/aromatic N) is 3. The zero-order valence-corrected chi connectivity index (χ0v) is 9.02. The van der Waals surface area contributed by atoms with Crippen LogP contribution in [0.4, 0.5) is 4.39 Å². The fourth-order valence-corrected chi connectivity index (χ4v) is 1.51. The van der Waals surface area contributed by atoms with E-state index in [1.54, 1.807) is 16.8 Å². The van der Waals surface area contributed by atoms with Crippen molar-refractivity contribution in [3.63, 3.8) is 0 Å². The quantitative estimate of drug-likeness (QED) is 0.839. The number of hydrogen-bond acceptors (Lipinski definition) is 3. The van der Waals surface area contributed by atoms with Crippen LogP contribution in [0, 0.1) is 5.82 Å². The van der Waals surface area contributed by atoms with Crippen molar-refractivity contribution in [1.82, 2.24) is 14.8 Å². The van der Waals surface area contributed by atoms with Crippen LogP contribution in [-0.2, 0) is 20.0 Å². The number of benzene rings is 1. The van der Waals surface area contributed by atoms with Crippen LogP contribution in [0.25, 0.3) is 0 Å². The Labute approximate surface area is 92.9 Å². The Morgan fingerprint density at radius 2 is 2.00 bits per heavy atom. The van der Waals surface area contributed by atoms with Gasteiger partial charge < -0.3 is 5.73 Å². The minimum atomic E-state index is -0.236. The third-order valence-electron chi connectivity index (χ3n) is 2.36. The predicted octanol–water partition coefficient (Wildman–Crippen LogP) is 1.00. The molecule has 0 amide bonds. The summed E-state index contributed by atoms with van der Waals surface area (Å²) in [6, 6.07) is 6.33. The SMILES string of the molecule is Cn1nc(Cc2ccc(F)cc2)nc1CN. The molecule has 0 aliphatic heterocycles. The van der Waals surface area contributed by atoms with Crippen LogP contribution in [0.3, 0.4) is 0 Å². The van der Waals surface area contributed by atoms with Gasteiger partial charge in [-0.25, -0.2) is 9.37 Å². The lowest BCUT2D eigenvalue weighted by Gasteiger charge is -1.96. The van der Waals surface area contributed by atoms with Gasteiger partial charge in [0.1, 0.15) is 11.6 Å². The Hall–Kier alpha value is -1.75. The Morgan fingerprint density at radius 3 is 2.56 bits per heavy atom. The van der Waals surface area contributed by atoms with E-state index in [-0.39, 0.29) is 5.82 Å². The summed E-state index contributed by atoms with van der Waals surface area (Å²) in [5.74, 6) is 1.21. The maximum absolute atomic E-state index is 12.7. The van der Waals surface area contributed by atoms with Gasteiger partial charge in [-0.15, -0.1) is 0 Å². The molecule has 0 saturated heterocycles. The first-order valence-electron chi connectivity index (χ1n) is 5.02. The lowest BCUT2D eigenvalue weighted by Crippen LogP contribution is -2.05. The van der Waals surface area contributed by atoms with Crippen LogP contribution < -0.4 is 5.73 Å². The topological polar surface area (TPSA) is 56.7 Å². The first-order chi connectivity index (χ1) is 7.69. The van der Waals surface area contributed by atoms with Crippen LogP contribution >= 0.6 is 0 Å². The largest absolute Gasteiger partial charge is 0.324 e. The van der Waals surface area contributed by atoms with E-state index in [0.29, 0.717) is 18.8 Å². The van der Waals surface area contributed by atoms with Gasteiger partial charge in [0.25, 0.3) is 0 Å². The smallest absolute Gasteiger partial charge is 0.155 e. The minimum absolute atomic E-state index is 0.236. The molecule has 0 aliphatic carbocycles. The number of aromatic nitrogens is 3. The molecule has 0 bridgehead atoms. The normalized spacial score (nSPS) is 10.7. The number of halogens is 1. The van der Waals surface area contributed by atoms with Crippen molar-refractivity contribution in [3.8, 4) is 0 Å². The third kappa shape index (κ3) is 2.25. The molecule has 1 aromatic heterocycles. The fraction of sp³-hybridized carbons (Fsp3) is 0.273. The first-order valence-corrected chi connectivity index (χ1v) is 5.02. The molecular formula is C11H13FN4. The molecule has 0 radical (unpaired) electrons. The molecule has 2 N–H and O–H groups in total. The highest BCUT2D eigenvalue weighted by Gasteiger charge is 2.06. The van der Waals surface area contributed by atoms with E-state index in [4.69, 9.17) is 5.73 Å². The number of nitrogens with two attached hydrogens (primary N) is 1. The van der Waals surface area contributed by atoms with E-state index < -0.39 is 0 Å².